The van der Waals surface area contributed by atoms with Crippen LogP contribution in [0.25, 0.3) is 0 Å². The van der Waals surface area contributed by atoms with E-state index in [4.69, 9.17) is 11.6 Å². The highest BCUT2D eigenvalue weighted by Gasteiger charge is 2.57. The smallest absolute Gasteiger partial charge is 0.317 e. The van der Waals surface area contributed by atoms with E-state index in [0.717, 1.165) is 37.2 Å². The summed E-state index contributed by atoms with van der Waals surface area (Å²) in [5.41, 5.74) is 2.05. The van der Waals surface area contributed by atoms with E-state index in [1.165, 1.54) is 6.07 Å². The second-order valence-corrected chi connectivity index (χ2v) is 8.01. The van der Waals surface area contributed by atoms with Crippen LogP contribution < -0.4 is 9.80 Å². The number of benzene rings is 2. The third-order valence-electron chi connectivity index (χ3n) is 6.06. The highest BCUT2D eigenvalue weighted by atomic mass is 35.5. The minimum Gasteiger partial charge on any atom is -0.317 e. The van der Waals surface area contributed by atoms with Gasteiger partial charge in [0.25, 0.3) is 0 Å². The molecule has 1 saturated heterocycles. The number of piperidine rings is 1. The average molecular weight is 386 g/mol. The Morgan fingerprint density at radius 2 is 2.00 bits per heavy atom. The Balaban J connectivity index is 1.92. The molecule has 0 saturated carbocycles. The zero-order valence-electron chi connectivity index (χ0n) is 15.2. The van der Waals surface area contributed by atoms with Gasteiger partial charge in [-0.05, 0) is 56.3 Å². The number of carbonyl (C=O) groups excluding carboxylic acids is 1. The Kier molecular flexibility index (Phi) is 4.66. The van der Waals surface area contributed by atoms with Crippen molar-refractivity contribution in [2.45, 2.75) is 18.3 Å². The lowest BCUT2D eigenvalue weighted by atomic mass is 9.75. The molecule has 1 amide bonds. The highest BCUT2D eigenvalue weighted by Crippen LogP contribution is 2.51. The molecule has 27 heavy (non-hydrogen) atoms. The lowest BCUT2D eigenvalue weighted by Crippen LogP contribution is -2.57. The number of rotatable bonds is 3. The lowest BCUT2D eigenvalue weighted by Gasteiger charge is -2.36. The first-order valence-electron chi connectivity index (χ1n) is 9.31. The van der Waals surface area contributed by atoms with Gasteiger partial charge in [0.05, 0.1) is 5.41 Å². The molecule has 1 N–H and O–H groups in total. The molecule has 0 aliphatic carbocycles. The van der Waals surface area contributed by atoms with Crippen molar-refractivity contribution in [1.29, 1.82) is 0 Å². The topological polar surface area (TPSA) is 29.1 Å². The van der Waals surface area contributed by atoms with Crippen LogP contribution in [0.3, 0.4) is 0 Å². The van der Waals surface area contributed by atoms with Crippen LogP contribution in [-0.4, -0.2) is 32.1 Å². The molecule has 2 heterocycles. The zero-order chi connectivity index (χ0) is 19.1. The minimum atomic E-state index is -0.481. The van der Waals surface area contributed by atoms with Gasteiger partial charge in [-0.2, -0.15) is 0 Å². The molecule has 1 fully saturated rings. The number of fused-ring (bicyclic) bond motifs is 2. The SMILES string of the molecule is C=CC[N+]1(C(=O)c2ccccc2F)CC2(CCNCC2)c2cc(Cl)ccc21. The van der Waals surface area contributed by atoms with Crippen molar-refractivity contribution in [3.8, 4) is 0 Å². The van der Waals surface area contributed by atoms with Crippen molar-refractivity contribution in [3.63, 3.8) is 0 Å². The fourth-order valence-electron chi connectivity index (χ4n) is 4.84. The maximum Gasteiger partial charge on any atom is 0.354 e. The summed E-state index contributed by atoms with van der Waals surface area (Å²) in [5, 5.41) is 4.08. The highest BCUT2D eigenvalue weighted by molar-refractivity contribution is 6.30. The fourth-order valence-corrected chi connectivity index (χ4v) is 5.01. The van der Waals surface area contributed by atoms with Crippen molar-refractivity contribution >= 4 is 23.2 Å². The largest absolute Gasteiger partial charge is 0.354 e. The zero-order valence-corrected chi connectivity index (χ0v) is 15.9. The summed E-state index contributed by atoms with van der Waals surface area (Å²) in [5.74, 6) is -0.696. The van der Waals surface area contributed by atoms with Crippen LogP contribution in [0.2, 0.25) is 5.02 Å². The third-order valence-corrected chi connectivity index (χ3v) is 6.29. The molecule has 0 bridgehead atoms. The first-order chi connectivity index (χ1) is 13.0. The summed E-state index contributed by atoms with van der Waals surface area (Å²) in [6.07, 6.45) is 3.63. The van der Waals surface area contributed by atoms with E-state index in [0.29, 0.717) is 18.1 Å². The predicted octanol–water partition coefficient (Wildman–Crippen LogP) is 4.45. The fraction of sp³-hybridized carbons (Fsp3) is 0.318. The quantitative estimate of drug-likeness (QED) is 0.624. The van der Waals surface area contributed by atoms with Gasteiger partial charge in [-0.25, -0.2) is 13.7 Å². The Morgan fingerprint density at radius 3 is 2.70 bits per heavy atom. The first kappa shape index (κ1) is 18.4. The van der Waals surface area contributed by atoms with Gasteiger partial charge in [0.15, 0.2) is 0 Å². The number of hydrogen-bond acceptors (Lipinski definition) is 2. The number of nitrogens with one attached hydrogen (secondary N) is 1. The van der Waals surface area contributed by atoms with Crippen LogP contribution in [0.15, 0.2) is 55.1 Å². The molecule has 4 rings (SSSR count). The van der Waals surface area contributed by atoms with Crippen molar-refractivity contribution in [2.75, 3.05) is 26.2 Å². The Bertz CT molecular complexity index is 907. The van der Waals surface area contributed by atoms with Crippen molar-refractivity contribution in [3.05, 3.63) is 77.1 Å². The van der Waals surface area contributed by atoms with Crippen molar-refractivity contribution < 1.29 is 9.18 Å². The summed E-state index contributed by atoms with van der Waals surface area (Å²) in [4.78, 5) is 13.7. The molecule has 140 valence electrons. The molecule has 1 atom stereocenters. The summed E-state index contributed by atoms with van der Waals surface area (Å²) in [6, 6.07) is 12.0. The number of amides is 1. The molecular weight excluding hydrogens is 363 g/mol. The summed E-state index contributed by atoms with van der Waals surface area (Å²) >= 11 is 6.33. The van der Waals surface area contributed by atoms with Crippen molar-refractivity contribution in [1.82, 2.24) is 9.80 Å². The first-order valence-corrected chi connectivity index (χ1v) is 9.69. The minimum absolute atomic E-state index is 0.0664. The number of quaternary nitrogens is 1. The number of nitrogens with zero attached hydrogens (tertiary/aromatic N) is 1. The van der Waals surface area contributed by atoms with Gasteiger partial charge in [-0.15, -0.1) is 0 Å². The van der Waals surface area contributed by atoms with Gasteiger partial charge in [0.2, 0.25) is 0 Å². The Labute approximate surface area is 164 Å². The second-order valence-electron chi connectivity index (χ2n) is 7.57. The van der Waals surface area contributed by atoms with Gasteiger partial charge < -0.3 is 5.32 Å². The molecule has 2 aromatic carbocycles. The van der Waals surface area contributed by atoms with E-state index in [1.54, 1.807) is 24.3 Å². The summed E-state index contributed by atoms with van der Waals surface area (Å²) in [7, 11) is 0. The molecule has 0 aromatic heterocycles. The normalized spacial score (nSPS) is 23.2. The van der Waals surface area contributed by atoms with E-state index in [2.05, 4.69) is 11.9 Å². The van der Waals surface area contributed by atoms with Gasteiger partial charge in [-0.1, -0.05) is 30.3 Å². The molecule has 1 unspecified atom stereocenters. The Hall–Kier alpha value is -2.01. The second kappa shape index (κ2) is 6.86. The number of hydrogen-bond donors (Lipinski definition) is 1. The van der Waals surface area contributed by atoms with Gasteiger partial charge in [0.1, 0.15) is 30.2 Å². The summed E-state index contributed by atoms with van der Waals surface area (Å²) < 4.78 is 14.6. The van der Waals surface area contributed by atoms with Crippen LogP contribution in [0.4, 0.5) is 10.1 Å². The summed E-state index contributed by atoms with van der Waals surface area (Å²) in [6.45, 7) is 6.73. The predicted molar refractivity (Wildman–Crippen MR) is 108 cm³/mol. The molecule has 0 radical (unpaired) electrons. The maximum absolute atomic E-state index is 14.5. The van der Waals surface area contributed by atoms with Crippen molar-refractivity contribution in [2.24, 2.45) is 0 Å². The molecular formula is C22H23ClFN2O+. The van der Waals surface area contributed by atoms with Crippen LogP contribution in [0.5, 0.6) is 0 Å². The molecule has 5 heteroatoms. The van der Waals surface area contributed by atoms with Crippen LogP contribution in [0, 0.1) is 5.82 Å². The van der Waals surface area contributed by atoms with E-state index in [-0.39, 0.29) is 21.4 Å². The van der Waals surface area contributed by atoms with Gasteiger partial charge in [0, 0.05) is 16.7 Å². The number of halogens is 2. The molecule has 1 spiro atoms. The van der Waals surface area contributed by atoms with E-state index in [1.807, 2.05) is 18.2 Å². The molecule has 2 aliphatic heterocycles. The standard InChI is InChI=1S/C22H23ClFN2O/c1-2-13-26(21(27)17-5-3-4-6-19(17)24)15-22(9-11-25-12-10-22)18-14-16(23)7-8-20(18)26/h2-8,14,25H,1,9-13,15H2/q+1. The lowest BCUT2D eigenvalue weighted by molar-refractivity contribution is 0.0754. The number of carbonyl (C=O) groups is 1. The van der Waals surface area contributed by atoms with Gasteiger partial charge >= 0.3 is 5.91 Å². The van der Waals surface area contributed by atoms with E-state index >= 15 is 0 Å². The van der Waals surface area contributed by atoms with Crippen LogP contribution >= 0.6 is 11.6 Å². The average Bonchev–Trinajstić information content (AvgIpc) is 2.92. The third kappa shape index (κ3) is 2.83. The molecule has 3 nitrogen and oxygen atoms in total. The maximum atomic E-state index is 14.5. The van der Waals surface area contributed by atoms with E-state index in [9.17, 15) is 9.18 Å². The van der Waals surface area contributed by atoms with Crippen LogP contribution in [0.1, 0.15) is 28.8 Å². The Morgan fingerprint density at radius 1 is 1.26 bits per heavy atom. The monoisotopic (exact) mass is 385 g/mol. The van der Waals surface area contributed by atoms with Crippen LogP contribution in [-0.2, 0) is 5.41 Å². The van der Waals surface area contributed by atoms with E-state index < -0.39 is 5.82 Å². The van der Waals surface area contributed by atoms with Gasteiger partial charge in [-0.3, -0.25) is 0 Å². The molecule has 2 aliphatic rings. The molecule has 2 aromatic rings.